The first-order valence-electron chi connectivity index (χ1n) is 11.1. The number of benzene rings is 2. The van der Waals surface area contributed by atoms with Crippen LogP contribution < -0.4 is 5.32 Å². The number of alkyl carbamates (subject to hydrolysis) is 1. The highest BCUT2D eigenvalue weighted by molar-refractivity contribution is 5.92. The molecule has 2 N–H and O–H groups in total. The average molecular weight is 453 g/mol. The van der Waals surface area contributed by atoms with Gasteiger partial charge in [-0.05, 0) is 36.1 Å². The summed E-state index contributed by atoms with van der Waals surface area (Å²) < 4.78 is 11.0. The summed E-state index contributed by atoms with van der Waals surface area (Å²) in [6.45, 7) is 3.39. The van der Waals surface area contributed by atoms with Crippen LogP contribution in [0.15, 0.2) is 48.5 Å². The van der Waals surface area contributed by atoms with Crippen LogP contribution in [0.4, 0.5) is 4.79 Å². The zero-order valence-electron chi connectivity index (χ0n) is 18.7. The largest absolute Gasteiger partial charge is 0.480 e. The molecule has 1 fully saturated rings. The summed E-state index contributed by atoms with van der Waals surface area (Å²) in [7, 11) is 0. The van der Waals surface area contributed by atoms with Gasteiger partial charge < -0.3 is 24.8 Å². The van der Waals surface area contributed by atoms with Gasteiger partial charge in [-0.2, -0.15) is 0 Å². The highest BCUT2D eigenvalue weighted by Crippen LogP contribution is 2.44. The first kappa shape index (κ1) is 22.8. The van der Waals surface area contributed by atoms with E-state index in [0.717, 1.165) is 22.3 Å². The molecular weight excluding hydrogens is 424 g/mol. The highest BCUT2D eigenvalue weighted by Gasteiger charge is 2.47. The van der Waals surface area contributed by atoms with E-state index in [2.05, 4.69) is 17.4 Å². The van der Waals surface area contributed by atoms with E-state index in [1.807, 2.05) is 36.4 Å². The predicted octanol–water partition coefficient (Wildman–Crippen LogP) is 3.01. The van der Waals surface area contributed by atoms with Gasteiger partial charge in [0.1, 0.15) is 18.7 Å². The number of carbonyl (C=O) groups is 3. The third-order valence-corrected chi connectivity index (χ3v) is 6.31. The fourth-order valence-corrected chi connectivity index (χ4v) is 4.63. The molecular formula is C25H28N2O6. The fourth-order valence-electron chi connectivity index (χ4n) is 4.63. The van der Waals surface area contributed by atoms with Crippen molar-refractivity contribution in [3.63, 3.8) is 0 Å². The minimum absolute atomic E-state index is 0.0289. The lowest BCUT2D eigenvalue weighted by molar-refractivity contribution is -0.149. The number of carboxylic acids is 1. The number of ether oxygens (including phenoxy) is 2. The van der Waals surface area contributed by atoms with Crippen LogP contribution in [0.3, 0.4) is 0 Å². The molecule has 4 rings (SSSR count). The molecule has 0 bridgehead atoms. The Labute approximate surface area is 192 Å². The Morgan fingerprint density at radius 2 is 1.73 bits per heavy atom. The van der Waals surface area contributed by atoms with Crippen molar-refractivity contribution in [1.82, 2.24) is 10.2 Å². The summed E-state index contributed by atoms with van der Waals surface area (Å²) in [6.07, 6.45) is -0.478. The molecule has 2 aromatic rings. The topological polar surface area (TPSA) is 105 Å². The van der Waals surface area contributed by atoms with Crippen LogP contribution in [0.2, 0.25) is 0 Å². The second-order valence-electron chi connectivity index (χ2n) is 8.76. The summed E-state index contributed by atoms with van der Waals surface area (Å²) in [6, 6.07) is 15.7. The van der Waals surface area contributed by atoms with Crippen molar-refractivity contribution in [2.75, 3.05) is 26.4 Å². The number of hydrogen-bond donors (Lipinski definition) is 2. The Bertz CT molecular complexity index is 1010. The van der Waals surface area contributed by atoms with Crippen LogP contribution in [-0.4, -0.2) is 65.9 Å². The van der Waals surface area contributed by atoms with E-state index in [1.165, 1.54) is 4.90 Å². The third kappa shape index (κ3) is 4.43. The van der Waals surface area contributed by atoms with E-state index in [4.69, 9.17) is 9.47 Å². The monoisotopic (exact) mass is 452 g/mol. The quantitative estimate of drug-likeness (QED) is 0.669. The number of amides is 2. The standard InChI is InChI=1S/C25H28N2O6/c1-16(2)27(13-22(28)29)23(30)25(11-12-32-15-25)26-24(31)33-14-21-19-9-5-3-7-17(19)18-8-4-6-10-20(18)21/h3-10,16,21H,11-15H2,1-2H3,(H,26,31)(H,28,29). The lowest BCUT2D eigenvalue weighted by Crippen LogP contribution is -2.62. The molecule has 8 nitrogen and oxygen atoms in total. The Morgan fingerprint density at radius 1 is 1.12 bits per heavy atom. The molecule has 1 atom stereocenters. The van der Waals surface area contributed by atoms with Crippen molar-refractivity contribution in [1.29, 1.82) is 0 Å². The molecule has 174 valence electrons. The van der Waals surface area contributed by atoms with E-state index >= 15 is 0 Å². The summed E-state index contributed by atoms with van der Waals surface area (Å²) in [5.41, 5.74) is 3.09. The molecule has 0 saturated carbocycles. The summed E-state index contributed by atoms with van der Waals surface area (Å²) in [5.74, 6) is -1.70. The van der Waals surface area contributed by atoms with Crippen LogP contribution in [0.1, 0.15) is 37.3 Å². The van der Waals surface area contributed by atoms with Crippen LogP contribution in [0.25, 0.3) is 11.1 Å². The molecule has 0 radical (unpaired) electrons. The molecule has 8 heteroatoms. The number of aliphatic carboxylic acids is 1. The summed E-state index contributed by atoms with van der Waals surface area (Å²) >= 11 is 0. The van der Waals surface area contributed by atoms with E-state index in [9.17, 15) is 19.5 Å². The van der Waals surface area contributed by atoms with E-state index in [-0.39, 0.29) is 38.2 Å². The van der Waals surface area contributed by atoms with Gasteiger partial charge in [-0.1, -0.05) is 48.5 Å². The molecule has 1 unspecified atom stereocenters. The van der Waals surface area contributed by atoms with Crippen molar-refractivity contribution >= 4 is 18.0 Å². The van der Waals surface area contributed by atoms with Gasteiger partial charge in [0.05, 0.1) is 6.61 Å². The minimum Gasteiger partial charge on any atom is -0.480 e. The SMILES string of the molecule is CC(C)N(CC(=O)O)C(=O)C1(NC(=O)OCC2c3ccccc3-c3ccccc32)CCOC1. The van der Waals surface area contributed by atoms with Gasteiger partial charge in [0.15, 0.2) is 0 Å². The van der Waals surface area contributed by atoms with E-state index in [1.54, 1.807) is 13.8 Å². The van der Waals surface area contributed by atoms with Crippen molar-refractivity contribution < 1.29 is 29.0 Å². The number of nitrogens with zero attached hydrogens (tertiary/aromatic N) is 1. The molecule has 1 aliphatic heterocycles. The molecule has 33 heavy (non-hydrogen) atoms. The van der Waals surface area contributed by atoms with Crippen molar-refractivity contribution in [2.45, 2.75) is 37.8 Å². The number of fused-ring (bicyclic) bond motifs is 3. The summed E-state index contributed by atoms with van der Waals surface area (Å²) in [4.78, 5) is 38.6. The first-order valence-corrected chi connectivity index (χ1v) is 11.1. The first-order chi connectivity index (χ1) is 15.8. The fraction of sp³-hybridized carbons (Fsp3) is 0.400. The van der Waals surface area contributed by atoms with Gasteiger partial charge in [0.25, 0.3) is 5.91 Å². The maximum absolute atomic E-state index is 13.3. The maximum Gasteiger partial charge on any atom is 0.408 e. The molecule has 1 saturated heterocycles. The Morgan fingerprint density at radius 3 is 2.24 bits per heavy atom. The number of carbonyl (C=O) groups excluding carboxylic acids is 2. The van der Waals surface area contributed by atoms with E-state index < -0.39 is 30.1 Å². The molecule has 1 aliphatic carbocycles. The zero-order chi connectivity index (χ0) is 23.6. The van der Waals surface area contributed by atoms with Gasteiger partial charge >= 0.3 is 12.1 Å². The number of nitrogens with one attached hydrogen (secondary N) is 1. The lowest BCUT2D eigenvalue weighted by Gasteiger charge is -2.35. The van der Waals surface area contributed by atoms with Crippen LogP contribution in [0.5, 0.6) is 0 Å². The Hall–Kier alpha value is -3.39. The van der Waals surface area contributed by atoms with Crippen molar-refractivity contribution in [3.05, 3.63) is 59.7 Å². The molecule has 2 aliphatic rings. The highest BCUT2D eigenvalue weighted by atomic mass is 16.6. The van der Waals surface area contributed by atoms with Gasteiger partial charge in [0, 0.05) is 25.0 Å². The average Bonchev–Trinajstić information content (AvgIpc) is 3.39. The molecule has 2 amide bonds. The third-order valence-electron chi connectivity index (χ3n) is 6.31. The second-order valence-corrected chi connectivity index (χ2v) is 8.76. The normalized spacial score (nSPS) is 19.1. The van der Waals surface area contributed by atoms with Gasteiger partial charge in [-0.15, -0.1) is 0 Å². The second kappa shape index (κ2) is 9.23. The minimum atomic E-state index is -1.34. The summed E-state index contributed by atoms with van der Waals surface area (Å²) in [5, 5.41) is 11.9. The number of carboxylic acid groups (broad SMARTS) is 1. The maximum atomic E-state index is 13.3. The smallest absolute Gasteiger partial charge is 0.408 e. The Balaban J connectivity index is 1.48. The van der Waals surface area contributed by atoms with Gasteiger partial charge in [0.2, 0.25) is 0 Å². The predicted molar refractivity (Wildman–Crippen MR) is 121 cm³/mol. The lowest BCUT2D eigenvalue weighted by atomic mass is 9.96. The van der Waals surface area contributed by atoms with E-state index in [0.29, 0.717) is 0 Å². The van der Waals surface area contributed by atoms with Gasteiger partial charge in [-0.25, -0.2) is 4.79 Å². The van der Waals surface area contributed by atoms with Gasteiger partial charge in [-0.3, -0.25) is 9.59 Å². The zero-order valence-corrected chi connectivity index (χ0v) is 18.7. The van der Waals surface area contributed by atoms with Crippen molar-refractivity contribution in [3.8, 4) is 11.1 Å². The van der Waals surface area contributed by atoms with Crippen LogP contribution >= 0.6 is 0 Å². The Kier molecular flexibility index (Phi) is 6.37. The molecule has 0 spiro atoms. The van der Waals surface area contributed by atoms with Crippen LogP contribution in [0, 0.1) is 0 Å². The number of rotatable bonds is 7. The van der Waals surface area contributed by atoms with Crippen LogP contribution in [-0.2, 0) is 19.1 Å². The number of hydrogen-bond acceptors (Lipinski definition) is 5. The molecule has 2 aromatic carbocycles. The molecule has 1 heterocycles. The molecule has 0 aromatic heterocycles. The van der Waals surface area contributed by atoms with Crippen molar-refractivity contribution in [2.24, 2.45) is 0 Å².